The van der Waals surface area contributed by atoms with E-state index in [0.29, 0.717) is 17.8 Å². The van der Waals surface area contributed by atoms with E-state index in [1.165, 1.54) is 0 Å². The van der Waals surface area contributed by atoms with Crippen molar-refractivity contribution in [2.75, 3.05) is 11.9 Å². The van der Waals surface area contributed by atoms with Gasteiger partial charge in [-0.05, 0) is 30.2 Å². The van der Waals surface area contributed by atoms with E-state index in [-0.39, 0.29) is 30.1 Å². The summed E-state index contributed by atoms with van der Waals surface area (Å²) in [4.78, 5) is 23.5. The molecule has 0 spiro atoms. The van der Waals surface area contributed by atoms with Crippen LogP contribution >= 0.6 is 12.4 Å². The van der Waals surface area contributed by atoms with Gasteiger partial charge < -0.3 is 16.4 Å². The Bertz CT molecular complexity index is 486. The van der Waals surface area contributed by atoms with E-state index in [0.717, 1.165) is 0 Å². The number of halogens is 1. The number of benzene rings is 1. The van der Waals surface area contributed by atoms with Gasteiger partial charge >= 0.3 is 0 Å². The first-order valence-corrected chi connectivity index (χ1v) is 6.51. The molecule has 5 nitrogen and oxygen atoms in total. The van der Waals surface area contributed by atoms with Gasteiger partial charge in [-0.25, -0.2) is 0 Å². The summed E-state index contributed by atoms with van der Waals surface area (Å²) in [7, 11) is 0. The lowest BCUT2D eigenvalue weighted by Crippen LogP contribution is -2.39. The molecular weight excluding hydrogens is 290 g/mol. The fourth-order valence-corrected chi connectivity index (χ4v) is 1.50. The number of nitrogens with one attached hydrogen (secondary N) is 2. The van der Waals surface area contributed by atoms with Gasteiger partial charge in [0.25, 0.3) is 5.91 Å². The Morgan fingerprint density at radius 2 is 1.86 bits per heavy atom. The highest BCUT2D eigenvalue weighted by Gasteiger charge is 2.17. The summed E-state index contributed by atoms with van der Waals surface area (Å²) in [6.07, 6.45) is 1.61. The second-order valence-corrected chi connectivity index (χ2v) is 4.84. The molecule has 1 aromatic carbocycles. The number of amides is 2. The molecule has 0 saturated heterocycles. The van der Waals surface area contributed by atoms with Gasteiger partial charge in [0.05, 0.1) is 6.04 Å². The van der Waals surface area contributed by atoms with Crippen LogP contribution < -0.4 is 16.4 Å². The number of hydrogen-bond acceptors (Lipinski definition) is 3. The van der Waals surface area contributed by atoms with Crippen LogP contribution in [0.2, 0.25) is 0 Å². The van der Waals surface area contributed by atoms with Gasteiger partial charge in [-0.15, -0.1) is 19.0 Å². The average molecular weight is 312 g/mol. The summed E-state index contributed by atoms with van der Waals surface area (Å²) < 4.78 is 0. The van der Waals surface area contributed by atoms with Crippen molar-refractivity contribution in [3.8, 4) is 0 Å². The fourth-order valence-electron chi connectivity index (χ4n) is 1.50. The lowest BCUT2D eigenvalue weighted by Gasteiger charge is -2.15. The summed E-state index contributed by atoms with van der Waals surface area (Å²) in [6.45, 7) is 7.72. The molecular formula is C15H22ClN3O2. The highest BCUT2D eigenvalue weighted by molar-refractivity contribution is 5.97. The van der Waals surface area contributed by atoms with Crippen LogP contribution in [-0.2, 0) is 4.79 Å². The molecule has 0 bridgehead atoms. The molecule has 0 fully saturated rings. The molecule has 6 heteroatoms. The number of carbonyl (C=O) groups is 2. The van der Waals surface area contributed by atoms with E-state index < -0.39 is 6.04 Å². The number of anilines is 1. The van der Waals surface area contributed by atoms with E-state index in [4.69, 9.17) is 5.73 Å². The minimum absolute atomic E-state index is 0. The topological polar surface area (TPSA) is 84.2 Å². The molecule has 0 radical (unpaired) electrons. The van der Waals surface area contributed by atoms with Gasteiger partial charge in [0.2, 0.25) is 5.91 Å². The van der Waals surface area contributed by atoms with E-state index in [2.05, 4.69) is 17.2 Å². The van der Waals surface area contributed by atoms with Crippen molar-refractivity contribution in [3.05, 3.63) is 42.5 Å². The van der Waals surface area contributed by atoms with E-state index in [1.54, 1.807) is 30.3 Å². The Balaban J connectivity index is 0.00000400. The monoisotopic (exact) mass is 311 g/mol. The third-order valence-electron chi connectivity index (χ3n) is 2.84. The first-order chi connectivity index (χ1) is 9.45. The predicted octanol–water partition coefficient (Wildman–Crippen LogP) is 1.95. The quantitative estimate of drug-likeness (QED) is 0.702. The SMILES string of the molecule is C=CCNC(=O)c1ccc(NC(=O)C(N)C(C)C)cc1.Cl. The first kappa shape index (κ1) is 19.1. The van der Waals surface area contributed by atoms with Crippen molar-refractivity contribution in [2.45, 2.75) is 19.9 Å². The molecule has 1 rings (SSSR count). The highest BCUT2D eigenvalue weighted by atomic mass is 35.5. The number of carbonyl (C=O) groups excluding carboxylic acids is 2. The Morgan fingerprint density at radius 3 is 2.33 bits per heavy atom. The second-order valence-electron chi connectivity index (χ2n) is 4.84. The predicted molar refractivity (Wildman–Crippen MR) is 87.7 cm³/mol. The minimum atomic E-state index is -0.550. The maximum atomic E-state index is 11.8. The normalized spacial score (nSPS) is 11.2. The van der Waals surface area contributed by atoms with Crippen LogP contribution in [-0.4, -0.2) is 24.4 Å². The maximum Gasteiger partial charge on any atom is 0.251 e. The Kier molecular flexibility index (Phi) is 8.35. The minimum Gasteiger partial charge on any atom is -0.349 e. The molecule has 1 atom stereocenters. The molecule has 0 aliphatic heterocycles. The van der Waals surface area contributed by atoms with Crippen LogP contribution in [0.1, 0.15) is 24.2 Å². The third kappa shape index (κ3) is 5.97. The zero-order valence-corrected chi connectivity index (χ0v) is 13.1. The van der Waals surface area contributed by atoms with Gasteiger partial charge in [0.1, 0.15) is 0 Å². The van der Waals surface area contributed by atoms with E-state index in [1.807, 2.05) is 13.8 Å². The Hall–Kier alpha value is -1.85. The molecule has 2 amide bonds. The first-order valence-electron chi connectivity index (χ1n) is 6.51. The zero-order valence-electron chi connectivity index (χ0n) is 12.3. The van der Waals surface area contributed by atoms with Gasteiger partial charge in [-0.1, -0.05) is 19.9 Å². The van der Waals surface area contributed by atoms with Crippen LogP contribution in [0.4, 0.5) is 5.69 Å². The van der Waals surface area contributed by atoms with Crippen molar-refractivity contribution in [3.63, 3.8) is 0 Å². The van der Waals surface area contributed by atoms with Crippen molar-refractivity contribution in [1.29, 1.82) is 0 Å². The van der Waals surface area contributed by atoms with Gasteiger partial charge in [-0.3, -0.25) is 9.59 Å². The van der Waals surface area contributed by atoms with Crippen LogP contribution in [0.15, 0.2) is 36.9 Å². The highest BCUT2D eigenvalue weighted by Crippen LogP contribution is 2.11. The second kappa shape index (κ2) is 9.15. The van der Waals surface area contributed by atoms with Crippen LogP contribution in [0.25, 0.3) is 0 Å². The van der Waals surface area contributed by atoms with Crippen LogP contribution in [0.5, 0.6) is 0 Å². The van der Waals surface area contributed by atoms with Crippen molar-refractivity contribution < 1.29 is 9.59 Å². The largest absolute Gasteiger partial charge is 0.349 e. The lowest BCUT2D eigenvalue weighted by molar-refractivity contribution is -0.118. The molecule has 1 unspecified atom stereocenters. The van der Waals surface area contributed by atoms with Crippen molar-refractivity contribution in [2.24, 2.45) is 11.7 Å². The number of rotatable bonds is 6. The molecule has 0 aliphatic carbocycles. The number of nitrogens with two attached hydrogens (primary N) is 1. The maximum absolute atomic E-state index is 11.8. The average Bonchev–Trinajstić information content (AvgIpc) is 2.44. The van der Waals surface area contributed by atoms with Crippen LogP contribution in [0.3, 0.4) is 0 Å². The van der Waals surface area contributed by atoms with Crippen molar-refractivity contribution >= 4 is 29.9 Å². The molecule has 4 N–H and O–H groups in total. The Labute approximate surface area is 131 Å². The van der Waals surface area contributed by atoms with Crippen LogP contribution in [0, 0.1) is 5.92 Å². The fraction of sp³-hybridized carbons (Fsp3) is 0.333. The molecule has 116 valence electrons. The molecule has 21 heavy (non-hydrogen) atoms. The van der Waals surface area contributed by atoms with Gasteiger partial charge in [0.15, 0.2) is 0 Å². The third-order valence-corrected chi connectivity index (χ3v) is 2.84. The summed E-state index contributed by atoms with van der Waals surface area (Å²) in [5.74, 6) is -0.343. The van der Waals surface area contributed by atoms with Crippen molar-refractivity contribution in [1.82, 2.24) is 5.32 Å². The zero-order chi connectivity index (χ0) is 15.1. The summed E-state index contributed by atoms with van der Waals surface area (Å²) in [5.41, 5.74) is 6.90. The summed E-state index contributed by atoms with van der Waals surface area (Å²) in [5, 5.41) is 5.40. The molecule has 0 aliphatic rings. The number of hydrogen-bond donors (Lipinski definition) is 3. The standard InChI is InChI=1S/C15H21N3O2.ClH/c1-4-9-17-14(19)11-5-7-12(8-6-11)18-15(20)13(16)10(2)3;/h4-8,10,13H,1,9,16H2,2-3H3,(H,17,19)(H,18,20);1H. The summed E-state index contributed by atoms with van der Waals surface area (Å²) >= 11 is 0. The van der Waals surface area contributed by atoms with Gasteiger partial charge in [-0.2, -0.15) is 0 Å². The summed E-state index contributed by atoms with van der Waals surface area (Å²) in [6, 6.07) is 6.09. The van der Waals surface area contributed by atoms with Gasteiger partial charge in [0, 0.05) is 17.8 Å². The smallest absolute Gasteiger partial charge is 0.251 e. The van der Waals surface area contributed by atoms with E-state index >= 15 is 0 Å². The van der Waals surface area contributed by atoms with E-state index in [9.17, 15) is 9.59 Å². The molecule has 0 aromatic heterocycles. The molecule has 1 aromatic rings. The Morgan fingerprint density at radius 1 is 1.29 bits per heavy atom. The molecule has 0 saturated carbocycles. The molecule has 0 heterocycles. The lowest BCUT2D eigenvalue weighted by atomic mass is 10.0.